The summed E-state index contributed by atoms with van der Waals surface area (Å²) in [4.78, 5) is 38.0. The van der Waals surface area contributed by atoms with Crippen molar-refractivity contribution in [2.75, 3.05) is 38.2 Å². The average molecular weight is 414 g/mol. The second-order valence-corrected chi connectivity index (χ2v) is 7.22. The molecule has 0 aliphatic carbocycles. The number of carbonyl (C=O) groups is 1. The zero-order valence-electron chi connectivity index (χ0n) is 16.1. The molecule has 1 fully saturated rings. The molecule has 1 aromatic carbocycles. The maximum atomic E-state index is 13.0. The van der Waals surface area contributed by atoms with Gasteiger partial charge in [-0.15, -0.1) is 0 Å². The summed E-state index contributed by atoms with van der Waals surface area (Å²) in [6, 6.07) is 6.77. The normalized spacial score (nSPS) is 14.3. The van der Waals surface area contributed by atoms with Crippen LogP contribution in [-0.4, -0.2) is 58.6 Å². The van der Waals surface area contributed by atoms with Gasteiger partial charge in [-0.3, -0.25) is 14.6 Å². The standard InChI is InChI=1S/C20H20ClN5O3/c1-24-16-12-22-6-5-15(16)23-18(20(24)28)25-7-9-26(10-8-25)19(27)14-11-13(21)3-4-17(14)29-2/h3-6,11-12H,7-10H2,1-2H3. The van der Waals surface area contributed by atoms with Crippen LogP contribution in [0.5, 0.6) is 5.75 Å². The Kier molecular flexibility index (Phi) is 5.10. The number of nitrogens with zero attached hydrogens (tertiary/aromatic N) is 5. The third-order valence-electron chi connectivity index (χ3n) is 5.12. The van der Waals surface area contributed by atoms with Crippen molar-refractivity contribution in [1.82, 2.24) is 19.4 Å². The Morgan fingerprint density at radius 1 is 1.17 bits per heavy atom. The molecule has 0 bridgehead atoms. The number of methoxy groups -OCH3 is 1. The van der Waals surface area contributed by atoms with E-state index in [1.165, 1.54) is 7.11 Å². The number of aryl methyl sites for hydroxylation is 1. The number of ether oxygens (including phenoxy) is 1. The number of benzene rings is 1. The van der Waals surface area contributed by atoms with Crippen LogP contribution in [0.3, 0.4) is 0 Å². The highest BCUT2D eigenvalue weighted by Gasteiger charge is 2.26. The molecule has 1 saturated heterocycles. The molecular formula is C20H20ClN5O3. The van der Waals surface area contributed by atoms with E-state index in [-0.39, 0.29) is 11.5 Å². The second-order valence-electron chi connectivity index (χ2n) is 6.79. The molecule has 1 aliphatic heterocycles. The van der Waals surface area contributed by atoms with Crippen molar-refractivity contribution < 1.29 is 9.53 Å². The number of fused-ring (bicyclic) bond motifs is 1. The molecule has 0 unspecified atom stereocenters. The van der Waals surface area contributed by atoms with E-state index in [2.05, 4.69) is 9.97 Å². The molecule has 0 radical (unpaired) electrons. The lowest BCUT2D eigenvalue weighted by Crippen LogP contribution is -2.50. The molecule has 9 heteroatoms. The number of piperazine rings is 1. The number of carbonyl (C=O) groups excluding carboxylic acids is 1. The van der Waals surface area contributed by atoms with Crippen molar-refractivity contribution in [2.24, 2.45) is 7.05 Å². The minimum Gasteiger partial charge on any atom is -0.496 e. The first-order chi connectivity index (χ1) is 14.0. The fourth-order valence-electron chi connectivity index (χ4n) is 3.50. The van der Waals surface area contributed by atoms with Gasteiger partial charge in [0.25, 0.3) is 11.5 Å². The van der Waals surface area contributed by atoms with Crippen LogP contribution in [0.1, 0.15) is 10.4 Å². The number of hydrogen-bond acceptors (Lipinski definition) is 6. The van der Waals surface area contributed by atoms with E-state index >= 15 is 0 Å². The van der Waals surface area contributed by atoms with E-state index in [9.17, 15) is 9.59 Å². The summed E-state index contributed by atoms with van der Waals surface area (Å²) in [5.74, 6) is 0.730. The molecule has 29 heavy (non-hydrogen) atoms. The maximum absolute atomic E-state index is 13.0. The Bertz CT molecular complexity index is 1140. The Morgan fingerprint density at radius 3 is 2.66 bits per heavy atom. The van der Waals surface area contributed by atoms with E-state index in [4.69, 9.17) is 16.3 Å². The number of hydrogen-bond donors (Lipinski definition) is 0. The summed E-state index contributed by atoms with van der Waals surface area (Å²) < 4.78 is 6.85. The third-order valence-corrected chi connectivity index (χ3v) is 5.35. The quantitative estimate of drug-likeness (QED) is 0.653. The van der Waals surface area contributed by atoms with Crippen LogP contribution in [-0.2, 0) is 7.05 Å². The van der Waals surface area contributed by atoms with E-state index in [1.54, 1.807) is 53.2 Å². The molecule has 8 nitrogen and oxygen atoms in total. The minimum atomic E-state index is -0.179. The minimum absolute atomic E-state index is 0.144. The molecule has 3 aromatic rings. The van der Waals surface area contributed by atoms with E-state index in [0.29, 0.717) is 59.4 Å². The molecule has 0 atom stereocenters. The van der Waals surface area contributed by atoms with Gasteiger partial charge < -0.3 is 19.1 Å². The van der Waals surface area contributed by atoms with Crippen molar-refractivity contribution in [3.05, 3.63) is 57.6 Å². The van der Waals surface area contributed by atoms with Gasteiger partial charge in [-0.25, -0.2) is 4.98 Å². The molecular weight excluding hydrogens is 394 g/mol. The Balaban J connectivity index is 1.55. The smallest absolute Gasteiger partial charge is 0.293 e. The van der Waals surface area contributed by atoms with Crippen LogP contribution in [0, 0.1) is 0 Å². The summed E-state index contributed by atoms with van der Waals surface area (Å²) in [7, 11) is 3.23. The van der Waals surface area contributed by atoms with Gasteiger partial charge in [0, 0.05) is 44.4 Å². The van der Waals surface area contributed by atoms with Gasteiger partial charge in [0.15, 0.2) is 5.82 Å². The SMILES string of the molecule is COc1ccc(Cl)cc1C(=O)N1CCN(c2nc3ccncc3n(C)c2=O)CC1. The molecule has 4 rings (SSSR count). The molecule has 3 heterocycles. The first kappa shape index (κ1) is 19.2. The monoisotopic (exact) mass is 413 g/mol. The number of aromatic nitrogens is 3. The second kappa shape index (κ2) is 7.71. The van der Waals surface area contributed by atoms with Gasteiger partial charge in [-0.05, 0) is 24.3 Å². The predicted molar refractivity (Wildman–Crippen MR) is 111 cm³/mol. The average Bonchev–Trinajstić information content (AvgIpc) is 2.76. The van der Waals surface area contributed by atoms with Crippen LogP contribution < -0.4 is 15.2 Å². The van der Waals surface area contributed by atoms with Gasteiger partial charge in [0.1, 0.15) is 5.75 Å². The van der Waals surface area contributed by atoms with Gasteiger partial charge in [0.2, 0.25) is 0 Å². The molecule has 0 spiro atoms. The summed E-state index contributed by atoms with van der Waals surface area (Å²) in [6.07, 6.45) is 3.28. The number of rotatable bonds is 3. The van der Waals surface area contributed by atoms with Gasteiger partial charge >= 0.3 is 0 Å². The fraction of sp³-hybridized carbons (Fsp3) is 0.300. The van der Waals surface area contributed by atoms with Crippen molar-refractivity contribution >= 4 is 34.4 Å². The Morgan fingerprint density at radius 2 is 1.93 bits per heavy atom. The Labute approximate surface area is 172 Å². The van der Waals surface area contributed by atoms with Gasteiger partial charge in [-0.2, -0.15) is 0 Å². The van der Waals surface area contributed by atoms with Crippen molar-refractivity contribution in [3.63, 3.8) is 0 Å². The van der Waals surface area contributed by atoms with Crippen molar-refractivity contribution in [2.45, 2.75) is 0 Å². The highest BCUT2D eigenvalue weighted by molar-refractivity contribution is 6.31. The highest BCUT2D eigenvalue weighted by Crippen LogP contribution is 2.25. The summed E-state index contributed by atoms with van der Waals surface area (Å²) in [5, 5.41) is 0.478. The molecule has 2 aromatic heterocycles. The summed E-state index contributed by atoms with van der Waals surface area (Å²) in [6.45, 7) is 1.95. The van der Waals surface area contributed by atoms with E-state index in [1.807, 2.05) is 4.90 Å². The molecule has 150 valence electrons. The number of pyridine rings is 1. The van der Waals surface area contributed by atoms with Crippen molar-refractivity contribution in [3.8, 4) is 5.75 Å². The van der Waals surface area contributed by atoms with Gasteiger partial charge in [-0.1, -0.05) is 11.6 Å². The molecule has 1 amide bonds. The van der Waals surface area contributed by atoms with E-state index < -0.39 is 0 Å². The maximum Gasteiger partial charge on any atom is 0.293 e. The van der Waals surface area contributed by atoms with Crippen LogP contribution in [0.15, 0.2) is 41.5 Å². The molecule has 1 aliphatic rings. The number of amides is 1. The Hall–Kier alpha value is -3.13. The number of halogens is 1. The summed E-state index contributed by atoms with van der Waals surface area (Å²) in [5.41, 5.74) is 1.64. The lowest BCUT2D eigenvalue weighted by atomic mass is 10.1. The van der Waals surface area contributed by atoms with Crippen LogP contribution in [0.25, 0.3) is 11.0 Å². The number of anilines is 1. The van der Waals surface area contributed by atoms with Crippen molar-refractivity contribution in [1.29, 1.82) is 0 Å². The van der Waals surface area contributed by atoms with E-state index in [0.717, 1.165) is 0 Å². The topological polar surface area (TPSA) is 80.6 Å². The summed E-state index contributed by atoms with van der Waals surface area (Å²) >= 11 is 6.06. The van der Waals surface area contributed by atoms with Gasteiger partial charge in [0.05, 0.1) is 29.9 Å². The predicted octanol–water partition coefficient (Wildman–Crippen LogP) is 1.95. The lowest BCUT2D eigenvalue weighted by Gasteiger charge is -2.35. The highest BCUT2D eigenvalue weighted by atomic mass is 35.5. The first-order valence-electron chi connectivity index (χ1n) is 9.18. The molecule has 0 N–H and O–H groups in total. The largest absolute Gasteiger partial charge is 0.496 e. The lowest BCUT2D eigenvalue weighted by molar-refractivity contribution is 0.0743. The fourth-order valence-corrected chi connectivity index (χ4v) is 3.67. The zero-order chi connectivity index (χ0) is 20.5. The van der Waals surface area contributed by atoms with Crippen LogP contribution in [0.4, 0.5) is 5.82 Å². The van der Waals surface area contributed by atoms with Crippen LogP contribution in [0.2, 0.25) is 5.02 Å². The first-order valence-corrected chi connectivity index (χ1v) is 9.56. The zero-order valence-corrected chi connectivity index (χ0v) is 16.9. The third kappa shape index (κ3) is 3.51. The molecule has 0 saturated carbocycles. The van der Waals surface area contributed by atoms with Crippen LogP contribution >= 0.6 is 11.6 Å².